The minimum absolute atomic E-state index is 0.934. The lowest BCUT2D eigenvalue weighted by atomic mass is 9.91. The van der Waals surface area contributed by atoms with E-state index in [-0.39, 0.29) is 0 Å². The number of thiophene rings is 1. The van der Waals surface area contributed by atoms with Crippen molar-refractivity contribution in [3.63, 3.8) is 0 Å². The fraction of sp³-hybridized carbons (Fsp3) is 0. The maximum atomic E-state index is 5.08. The van der Waals surface area contributed by atoms with Crippen LogP contribution in [-0.2, 0) is 0 Å². The first-order valence-corrected chi connectivity index (χ1v) is 17.8. The Kier molecular flexibility index (Phi) is 6.71. The molecule has 10 aromatic rings. The Bertz CT molecular complexity index is 2850. The van der Waals surface area contributed by atoms with E-state index < -0.39 is 0 Å². The van der Waals surface area contributed by atoms with E-state index in [1.807, 2.05) is 17.5 Å². The summed E-state index contributed by atoms with van der Waals surface area (Å²) in [6.07, 6.45) is 1.94. The van der Waals surface area contributed by atoms with Crippen LogP contribution >= 0.6 is 11.3 Å². The number of hydrogen-bond acceptors (Lipinski definition) is 3. The number of aromatic nitrogens is 1. The molecular formula is C47H30N2S. The zero-order valence-electron chi connectivity index (χ0n) is 27.1. The van der Waals surface area contributed by atoms with E-state index in [1.165, 1.54) is 74.7 Å². The van der Waals surface area contributed by atoms with Crippen LogP contribution in [0.5, 0.6) is 0 Å². The van der Waals surface area contributed by atoms with E-state index in [0.717, 1.165) is 17.2 Å². The molecule has 2 aromatic heterocycles. The Balaban J connectivity index is 1.15. The van der Waals surface area contributed by atoms with E-state index in [0.29, 0.717) is 0 Å². The van der Waals surface area contributed by atoms with Gasteiger partial charge >= 0.3 is 0 Å². The smallest absolute Gasteiger partial charge is 0.146 e. The number of hydrogen-bond donors (Lipinski definition) is 0. The van der Waals surface area contributed by atoms with Gasteiger partial charge in [0, 0.05) is 37.7 Å². The van der Waals surface area contributed by atoms with Crippen LogP contribution in [0.1, 0.15) is 0 Å². The molecule has 0 aliphatic heterocycles. The van der Waals surface area contributed by atoms with Gasteiger partial charge in [-0.15, -0.1) is 11.3 Å². The van der Waals surface area contributed by atoms with Gasteiger partial charge in [0.25, 0.3) is 0 Å². The molecule has 0 amide bonds. The monoisotopic (exact) mass is 654 g/mol. The van der Waals surface area contributed by atoms with Crippen LogP contribution in [0.4, 0.5) is 17.2 Å². The van der Waals surface area contributed by atoms with Gasteiger partial charge in [-0.25, -0.2) is 4.98 Å². The summed E-state index contributed by atoms with van der Waals surface area (Å²) >= 11 is 1.82. The summed E-state index contributed by atoms with van der Waals surface area (Å²) in [5.74, 6) is 0.934. The fourth-order valence-electron chi connectivity index (χ4n) is 7.56. The first-order chi connectivity index (χ1) is 24.8. The van der Waals surface area contributed by atoms with Crippen molar-refractivity contribution in [2.75, 3.05) is 4.90 Å². The molecule has 2 heterocycles. The quantitative estimate of drug-likeness (QED) is 0.172. The number of rotatable bonds is 5. The Morgan fingerprint density at radius 1 is 0.400 bits per heavy atom. The van der Waals surface area contributed by atoms with Crippen molar-refractivity contribution in [2.45, 2.75) is 0 Å². The van der Waals surface area contributed by atoms with Crippen molar-refractivity contribution in [3.8, 4) is 22.3 Å². The Hall–Kier alpha value is -6.29. The summed E-state index contributed by atoms with van der Waals surface area (Å²) in [5, 5.41) is 10.1. The normalized spacial score (nSPS) is 11.6. The lowest BCUT2D eigenvalue weighted by molar-refractivity contribution is 1.20. The number of anilines is 3. The topological polar surface area (TPSA) is 16.1 Å². The molecule has 234 valence electrons. The molecule has 0 spiro atoms. The molecule has 0 aliphatic rings. The molecule has 8 aromatic carbocycles. The zero-order chi connectivity index (χ0) is 33.0. The minimum atomic E-state index is 0.934. The van der Waals surface area contributed by atoms with E-state index in [9.17, 15) is 0 Å². The lowest BCUT2D eigenvalue weighted by Gasteiger charge is -2.26. The summed E-state index contributed by atoms with van der Waals surface area (Å²) in [4.78, 5) is 7.39. The number of pyridine rings is 1. The van der Waals surface area contributed by atoms with Crippen molar-refractivity contribution in [3.05, 3.63) is 182 Å². The van der Waals surface area contributed by atoms with E-state index >= 15 is 0 Å². The first-order valence-electron chi connectivity index (χ1n) is 17.0. The highest BCUT2D eigenvalue weighted by molar-refractivity contribution is 7.25. The van der Waals surface area contributed by atoms with E-state index in [1.54, 1.807) is 0 Å². The first kappa shape index (κ1) is 28.7. The van der Waals surface area contributed by atoms with Gasteiger partial charge in [0.05, 0.1) is 0 Å². The molecule has 3 heteroatoms. The molecule has 0 N–H and O–H groups in total. The van der Waals surface area contributed by atoms with Crippen LogP contribution in [0.15, 0.2) is 182 Å². The molecule has 0 saturated carbocycles. The Morgan fingerprint density at radius 2 is 1.00 bits per heavy atom. The van der Waals surface area contributed by atoms with Gasteiger partial charge in [-0.3, -0.25) is 4.90 Å². The van der Waals surface area contributed by atoms with Crippen molar-refractivity contribution < 1.29 is 0 Å². The lowest BCUT2D eigenvalue weighted by Crippen LogP contribution is -2.11. The predicted molar refractivity (Wildman–Crippen MR) is 215 cm³/mol. The van der Waals surface area contributed by atoms with Gasteiger partial charge in [-0.2, -0.15) is 0 Å². The van der Waals surface area contributed by atoms with E-state index in [2.05, 4.69) is 181 Å². The molecule has 2 nitrogen and oxygen atoms in total. The van der Waals surface area contributed by atoms with Crippen LogP contribution in [-0.4, -0.2) is 4.98 Å². The molecule has 0 bridgehead atoms. The molecule has 0 atom stereocenters. The standard InChI is InChI=1S/C47H30N2S/c1-2-10-31(11-3-1)32-20-24-36(25-21-32)49(47-46-41-16-8-9-17-43(41)50-44(46)28-29-48-47)37-26-22-34(23-27-37)42-30-35-19-18-33-12-4-5-13-38(33)45(35)40-15-7-6-14-39(40)42/h1-30H. The highest BCUT2D eigenvalue weighted by Gasteiger charge is 2.20. The Labute approximate surface area is 294 Å². The average Bonchev–Trinajstić information content (AvgIpc) is 3.58. The third-order valence-electron chi connectivity index (χ3n) is 9.90. The largest absolute Gasteiger partial charge is 0.295 e. The predicted octanol–water partition coefficient (Wildman–Crippen LogP) is 13.7. The summed E-state index contributed by atoms with van der Waals surface area (Å²) in [6.45, 7) is 0. The second kappa shape index (κ2) is 11.7. The molecule has 0 radical (unpaired) electrons. The maximum Gasteiger partial charge on any atom is 0.146 e. The average molecular weight is 655 g/mol. The summed E-state index contributed by atoms with van der Waals surface area (Å²) in [5.41, 5.74) is 6.94. The van der Waals surface area contributed by atoms with Crippen molar-refractivity contribution in [1.82, 2.24) is 4.98 Å². The fourth-order valence-corrected chi connectivity index (χ4v) is 8.65. The van der Waals surface area contributed by atoms with Gasteiger partial charge in [-0.1, -0.05) is 133 Å². The van der Waals surface area contributed by atoms with Crippen molar-refractivity contribution in [2.24, 2.45) is 0 Å². The highest BCUT2D eigenvalue weighted by atomic mass is 32.1. The van der Waals surface area contributed by atoms with Crippen molar-refractivity contribution >= 4 is 81.0 Å². The number of benzene rings is 8. The molecule has 0 aliphatic carbocycles. The second-order valence-corrected chi connectivity index (χ2v) is 13.8. The number of nitrogens with zero attached hydrogens (tertiary/aromatic N) is 2. The van der Waals surface area contributed by atoms with Crippen LogP contribution in [0.25, 0.3) is 74.7 Å². The van der Waals surface area contributed by atoms with Gasteiger partial charge in [0.2, 0.25) is 0 Å². The van der Waals surface area contributed by atoms with Crippen LogP contribution < -0.4 is 4.90 Å². The molecule has 0 unspecified atom stereocenters. The molecule has 0 saturated heterocycles. The molecular weight excluding hydrogens is 625 g/mol. The third-order valence-corrected chi connectivity index (χ3v) is 11.0. The maximum absolute atomic E-state index is 5.08. The zero-order valence-corrected chi connectivity index (χ0v) is 27.9. The summed E-state index contributed by atoms with van der Waals surface area (Å²) < 4.78 is 2.50. The van der Waals surface area contributed by atoms with Gasteiger partial charge in [-0.05, 0) is 97.0 Å². The van der Waals surface area contributed by atoms with Crippen LogP contribution in [0, 0.1) is 0 Å². The third kappa shape index (κ3) is 4.67. The SMILES string of the molecule is c1ccc(-c2ccc(N(c3ccc(-c4cc5ccc6ccccc6c5c5ccccc45)cc3)c3nccc4sc5ccccc5c34)cc2)cc1. The summed E-state index contributed by atoms with van der Waals surface area (Å²) in [7, 11) is 0. The minimum Gasteiger partial charge on any atom is -0.295 e. The molecule has 10 rings (SSSR count). The van der Waals surface area contributed by atoms with Gasteiger partial charge in [0.1, 0.15) is 5.82 Å². The van der Waals surface area contributed by atoms with E-state index in [4.69, 9.17) is 4.98 Å². The molecule has 0 fully saturated rings. The van der Waals surface area contributed by atoms with Crippen LogP contribution in [0.2, 0.25) is 0 Å². The van der Waals surface area contributed by atoms with Gasteiger partial charge in [0.15, 0.2) is 0 Å². The Morgan fingerprint density at radius 3 is 1.78 bits per heavy atom. The van der Waals surface area contributed by atoms with Crippen molar-refractivity contribution in [1.29, 1.82) is 0 Å². The number of fused-ring (bicyclic) bond motifs is 8. The summed E-state index contributed by atoms with van der Waals surface area (Å²) in [6, 6.07) is 63.6. The van der Waals surface area contributed by atoms with Crippen LogP contribution in [0.3, 0.4) is 0 Å². The second-order valence-electron chi connectivity index (χ2n) is 12.8. The highest BCUT2D eigenvalue weighted by Crippen LogP contribution is 2.45. The van der Waals surface area contributed by atoms with Gasteiger partial charge < -0.3 is 0 Å². The molecule has 50 heavy (non-hydrogen) atoms.